The number of aryl methyl sites for hydroxylation is 1. The minimum atomic E-state index is -0.227. The zero-order valence-corrected chi connectivity index (χ0v) is 16.7. The maximum Gasteiger partial charge on any atom is 0.253 e. The molecule has 0 aromatic heterocycles. The van der Waals surface area contributed by atoms with Gasteiger partial charge in [0.25, 0.3) is 5.91 Å². The standard InChI is InChI=1S/C23H28N2O3/c1-18-14-21(27-2)9-8-19(18)15-24-12-10-23(11-13-24)17-25(22(26)16-28-23)20-6-4-3-5-7-20/h3-9,14H,10-13,15-17H2,1-2H3. The lowest BCUT2D eigenvalue weighted by Crippen LogP contribution is -2.58. The Kier molecular flexibility index (Phi) is 5.38. The van der Waals surface area contributed by atoms with Crippen LogP contribution in [0.15, 0.2) is 48.5 Å². The van der Waals surface area contributed by atoms with Crippen LogP contribution in [0.25, 0.3) is 0 Å². The molecule has 1 spiro atoms. The SMILES string of the molecule is COc1ccc(CN2CCC3(CC2)CN(c2ccccc2)C(=O)CO3)c(C)c1. The van der Waals surface area contributed by atoms with Crippen LogP contribution in [-0.4, -0.2) is 49.8 Å². The van der Waals surface area contributed by atoms with Crippen molar-refractivity contribution in [1.82, 2.24) is 4.90 Å². The number of likely N-dealkylation sites (tertiary alicyclic amines) is 1. The van der Waals surface area contributed by atoms with Crippen LogP contribution in [0, 0.1) is 6.92 Å². The fourth-order valence-electron chi connectivity index (χ4n) is 4.19. The van der Waals surface area contributed by atoms with Crippen LogP contribution in [0.2, 0.25) is 0 Å². The Bertz CT molecular complexity index is 829. The quantitative estimate of drug-likeness (QED) is 0.815. The van der Waals surface area contributed by atoms with Gasteiger partial charge in [0.05, 0.1) is 19.3 Å². The molecule has 2 heterocycles. The number of piperidine rings is 1. The summed E-state index contributed by atoms with van der Waals surface area (Å²) < 4.78 is 11.4. The molecule has 28 heavy (non-hydrogen) atoms. The van der Waals surface area contributed by atoms with E-state index in [9.17, 15) is 4.79 Å². The Balaban J connectivity index is 1.40. The molecule has 1 amide bonds. The summed E-state index contributed by atoms with van der Waals surface area (Å²) in [6.45, 7) is 5.84. The van der Waals surface area contributed by atoms with Gasteiger partial charge in [-0.1, -0.05) is 24.3 Å². The van der Waals surface area contributed by atoms with Crippen molar-refractivity contribution in [2.45, 2.75) is 31.9 Å². The third-order valence-electron chi connectivity index (χ3n) is 6.03. The zero-order chi connectivity index (χ0) is 19.6. The predicted molar refractivity (Wildman–Crippen MR) is 110 cm³/mol. The number of morpholine rings is 1. The van der Waals surface area contributed by atoms with Gasteiger partial charge >= 0.3 is 0 Å². The molecule has 2 aliphatic rings. The van der Waals surface area contributed by atoms with E-state index in [1.54, 1.807) is 7.11 Å². The first-order valence-electron chi connectivity index (χ1n) is 9.94. The van der Waals surface area contributed by atoms with Crippen molar-refractivity contribution in [1.29, 1.82) is 0 Å². The number of methoxy groups -OCH3 is 1. The van der Waals surface area contributed by atoms with Gasteiger partial charge in [-0.2, -0.15) is 0 Å². The van der Waals surface area contributed by atoms with Crippen LogP contribution in [-0.2, 0) is 16.1 Å². The molecule has 0 radical (unpaired) electrons. The first-order chi connectivity index (χ1) is 13.6. The highest BCUT2D eigenvalue weighted by atomic mass is 16.5. The minimum Gasteiger partial charge on any atom is -0.497 e. The van der Waals surface area contributed by atoms with Crippen molar-refractivity contribution in [3.8, 4) is 5.75 Å². The number of anilines is 1. The zero-order valence-electron chi connectivity index (χ0n) is 16.7. The third-order valence-corrected chi connectivity index (χ3v) is 6.03. The van der Waals surface area contributed by atoms with Gasteiger partial charge in [0.1, 0.15) is 12.4 Å². The minimum absolute atomic E-state index is 0.0492. The van der Waals surface area contributed by atoms with Gasteiger partial charge in [-0.15, -0.1) is 0 Å². The van der Waals surface area contributed by atoms with Crippen LogP contribution in [0.1, 0.15) is 24.0 Å². The number of amides is 1. The molecule has 2 aliphatic heterocycles. The number of carbonyl (C=O) groups is 1. The number of ether oxygens (including phenoxy) is 2. The lowest BCUT2D eigenvalue weighted by molar-refractivity contribution is -0.144. The highest BCUT2D eigenvalue weighted by molar-refractivity contribution is 5.95. The summed E-state index contributed by atoms with van der Waals surface area (Å²) >= 11 is 0. The van der Waals surface area contributed by atoms with Gasteiger partial charge < -0.3 is 14.4 Å². The second kappa shape index (κ2) is 7.94. The molecule has 2 aromatic carbocycles. The molecule has 148 valence electrons. The van der Waals surface area contributed by atoms with Crippen LogP contribution in [0.3, 0.4) is 0 Å². The summed E-state index contributed by atoms with van der Waals surface area (Å²) in [5.74, 6) is 0.952. The average molecular weight is 380 g/mol. The first kappa shape index (κ1) is 19.0. The smallest absolute Gasteiger partial charge is 0.253 e. The van der Waals surface area contributed by atoms with E-state index in [0.29, 0.717) is 6.54 Å². The Morgan fingerprint density at radius 3 is 2.54 bits per heavy atom. The first-order valence-corrected chi connectivity index (χ1v) is 9.94. The van der Waals surface area contributed by atoms with E-state index >= 15 is 0 Å². The number of benzene rings is 2. The molecular weight excluding hydrogens is 352 g/mol. The van der Waals surface area contributed by atoms with Gasteiger partial charge in [-0.05, 0) is 55.2 Å². The van der Waals surface area contributed by atoms with Crippen LogP contribution in [0.4, 0.5) is 5.69 Å². The number of hydrogen-bond donors (Lipinski definition) is 0. The Morgan fingerprint density at radius 1 is 1.11 bits per heavy atom. The van der Waals surface area contributed by atoms with Crippen molar-refractivity contribution in [2.75, 3.05) is 38.3 Å². The molecule has 0 aliphatic carbocycles. The number of rotatable bonds is 4. The van der Waals surface area contributed by atoms with Crippen molar-refractivity contribution < 1.29 is 14.3 Å². The lowest BCUT2D eigenvalue weighted by Gasteiger charge is -2.47. The van der Waals surface area contributed by atoms with Gasteiger partial charge in [0.15, 0.2) is 0 Å². The average Bonchev–Trinajstić information content (AvgIpc) is 2.74. The van der Waals surface area contributed by atoms with Crippen molar-refractivity contribution in [3.63, 3.8) is 0 Å². The summed E-state index contributed by atoms with van der Waals surface area (Å²) in [7, 11) is 1.70. The van der Waals surface area contributed by atoms with Gasteiger partial charge in [-0.25, -0.2) is 0 Å². The number of nitrogens with zero attached hydrogens (tertiary/aromatic N) is 2. The van der Waals surface area contributed by atoms with Gasteiger partial charge in [0, 0.05) is 25.3 Å². The van der Waals surface area contributed by atoms with E-state index in [4.69, 9.17) is 9.47 Å². The normalized spacial score (nSPS) is 19.8. The molecule has 0 unspecified atom stereocenters. The fourth-order valence-corrected chi connectivity index (χ4v) is 4.19. The maximum atomic E-state index is 12.4. The van der Waals surface area contributed by atoms with Crippen molar-refractivity contribution in [2.24, 2.45) is 0 Å². The number of carbonyl (C=O) groups excluding carboxylic acids is 1. The summed E-state index contributed by atoms with van der Waals surface area (Å²) in [6.07, 6.45) is 1.89. The molecular formula is C23H28N2O3. The second-order valence-electron chi connectivity index (χ2n) is 7.86. The molecule has 5 nitrogen and oxygen atoms in total. The molecule has 0 bridgehead atoms. The van der Waals surface area contributed by atoms with E-state index in [2.05, 4.69) is 24.0 Å². The molecule has 2 aromatic rings. The molecule has 2 saturated heterocycles. The summed E-state index contributed by atoms with van der Waals surface area (Å²) in [4.78, 5) is 16.8. The molecule has 4 rings (SSSR count). The van der Waals surface area contributed by atoms with Gasteiger partial charge in [0.2, 0.25) is 0 Å². The van der Waals surface area contributed by atoms with Crippen LogP contribution < -0.4 is 9.64 Å². The summed E-state index contributed by atoms with van der Waals surface area (Å²) in [6, 6.07) is 16.2. The van der Waals surface area contributed by atoms with E-state index in [1.807, 2.05) is 41.3 Å². The van der Waals surface area contributed by atoms with Crippen LogP contribution in [0.5, 0.6) is 5.75 Å². The number of hydrogen-bond acceptors (Lipinski definition) is 4. The fraction of sp³-hybridized carbons (Fsp3) is 0.435. The van der Waals surface area contributed by atoms with E-state index in [1.165, 1.54) is 11.1 Å². The highest BCUT2D eigenvalue weighted by Gasteiger charge is 2.42. The molecule has 0 N–H and O–H groups in total. The van der Waals surface area contributed by atoms with E-state index < -0.39 is 0 Å². The molecule has 5 heteroatoms. The monoisotopic (exact) mass is 380 g/mol. The Morgan fingerprint density at radius 2 is 1.86 bits per heavy atom. The van der Waals surface area contributed by atoms with E-state index in [0.717, 1.165) is 43.9 Å². The highest BCUT2D eigenvalue weighted by Crippen LogP contribution is 2.33. The summed E-state index contributed by atoms with van der Waals surface area (Å²) in [5.41, 5.74) is 3.33. The summed E-state index contributed by atoms with van der Waals surface area (Å²) in [5, 5.41) is 0. The number of para-hydroxylation sites is 1. The van der Waals surface area contributed by atoms with Gasteiger partial charge in [-0.3, -0.25) is 9.69 Å². The molecule has 0 saturated carbocycles. The lowest BCUT2D eigenvalue weighted by atomic mass is 9.88. The Hall–Kier alpha value is -2.37. The largest absolute Gasteiger partial charge is 0.497 e. The van der Waals surface area contributed by atoms with Crippen molar-refractivity contribution >= 4 is 11.6 Å². The molecule has 0 atom stereocenters. The Labute approximate surface area is 166 Å². The van der Waals surface area contributed by atoms with Crippen molar-refractivity contribution in [3.05, 3.63) is 59.7 Å². The second-order valence-corrected chi connectivity index (χ2v) is 7.86. The predicted octanol–water partition coefficient (Wildman–Crippen LogP) is 3.40. The topological polar surface area (TPSA) is 42.0 Å². The maximum absolute atomic E-state index is 12.4. The van der Waals surface area contributed by atoms with E-state index in [-0.39, 0.29) is 18.1 Å². The van der Waals surface area contributed by atoms with Crippen LogP contribution >= 0.6 is 0 Å². The molecule has 2 fully saturated rings. The third kappa shape index (κ3) is 3.91.